The summed E-state index contributed by atoms with van der Waals surface area (Å²) in [6, 6.07) is 18.3. The van der Waals surface area contributed by atoms with Gasteiger partial charge < -0.3 is 14.6 Å². The molecule has 4 aliphatic carbocycles. The third kappa shape index (κ3) is 4.82. The lowest BCUT2D eigenvalue weighted by atomic mass is 9.43. The molecule has 41 heavy (non-hydrogen) atoms. The first-order chi connectivity index (χ1) is 19.6. The van der Waals surface area contributed by atoms with E-state index >= 15 is 0 Å². The van der Waals surface area contributed by atoms with E-state index in [0.29, 0.717) is 29.9 Å². The highest BCUT2D eigenvalue weighted by Gasteiger charge is 2.66. The molecule has 0 saturated heterocycles. The zero-order chi connectivity index (χ0) is 28.9. The summed E-state index contributed by atoms with van der Waals surface area (Å²) in [6.45, 7) is 6.09. The van der Waals surface area contributed by atoms with E-state index in [-0.39, 0.29) is 53.1 Å². The van der Waals surface area contributed by atoms with Crippen LogP contribution < -0.4 is 0 Å². The smallest absolute Gasteiger partial charge is 0.338 e. The van der Waals surface area contributed by atoms with E-state index in [1.165, 1.54) is 0 Å². The zero-order valence-corrected chi connectivity index (χ0v) is 24.3. The van der Waals surface area contributed by atoms with Gasteiger partial charge in [-0.1, -0.05) is 50.2 Å². The summed E-state index contributed by atoms with van der Waals surface area (Å²) in [5.74, 6) is -0.101. The summed E-state index contributed by atoms with van der Waals surface area (Å²) in [5, 5.41) is 11.1. The molecule has 0 heterocycles. The van der Waals surface area contributed by atoms with Crippen molar-refractivity contribution in [3.05, 3.63) is 71.8 Å². The molecule has 1 N–H and O–H groups in total. The van der Waals surface area contributed by atoms with Crippen molar-refractivity contribution in [2.45, 2.75) is 84.0 Å². The molecule has 6 rings (SSSR count). The van der Waals surface area contributed by atoms with Crippen LogP contribution in [0.3, 0.4) is 0 Å². The molecule has 218 valence electrons. The van der Waals surface area contributed by atoms with Gasteiger partial charge in [0, 0.05) is 11.8 Å². The van der Waals surface area contributed by atoms with Crippen molar-refractivity contribution in [3.63, 3.8) is 0 Å². The van der Waals surface area contributed by atoms with Crippen molar-refractivity contribution in [1.29, 1.82) is 0 Å². The first-order valence-corrected chi connectivity index (χ1v) is 15.3. The molecule has 4 saturated carbocycles. The van der Waals surface area contributed by atoms with E-state index in [4.69, 9.17) is 9.47 Å². The minimum atomic E-state index is -0.662. The number of Topliss-reactive ketones (excluding diaryl/α,β-unsaturated/α-hetero) is 1. The summed E-state index contributed by atoms with van der Waals surface area (Å²) in [5.41, 5.74) is 0.587. The van der Waals surface area contributed by atoms with Crippen LogP contribution in [0.25, 0.3) is 0 Å². The van der Waals surface area contributed by atoms with Crippen molar-refractivity contribution in [3.8, 4) is 0 Å². The third-order valence-electron chi connectivity index (χ3n) is 11.5. The lowest BCUT2D eigenvalue weighted by Gasteiger charge is -2.62. The molecule has 0 radical (unpaired) electrons. The second kappa shape index (κ2) is 10.7. The lowest BCUT2D eigenvalue weighted by Crippen LogP contribution is -2.60. The SMILES string of the molecule is CC(=O)[C@H]1[C@@H](O)C[C@H]2[C@@H]3CC[C@H]4C[C@H](OC(=O)c5ccccc5)CC[C@]4(C)[C@H]3[C@@H](OC(=O)c3ccccc3)C[C@@]21C. The quantitative estimate of drug-likeness (QED) is 0.436. The van der Waals surface area contributed by atoms with Crippen LogP contribution in [0.15, 0.2) is 60.7 Å². The van der Waals surface area contributed by atoms with Crippen LogP contribution in [0.2, 0.25) is 0 Å². The van der Waals surface area contributed by atoms with Gasteiger partial charge in [0.15, 0.2) is 0 Å². The summed E-state index contributed by atoms with van der Waals surface area (Å²) >= 11 is 0. The number of hydrogen-bond donors (Lipinski definition) is 1. The van der Waals surface area contributed by atoms with E-state index in [9.17, 15) is 19.5 Å². The average molecular weight is 559 g/mol. The van der Waals surface area contributed by atoms with E-state index in [0.717, 1.165) is 32.1 Å². The highest BCUT2D eigenvalue weighted by molar-refractivity contribution is 5.90. The maximum Gasteiger partial charge on any atom is 0.338 e. The number of benzene rings is 2. The van der Waals surface area contributed by atoms with Gasteiger partial charge >= 0.3 is 11.9 Å². The number of fused-ring (bicyclic) bond motifs is 5. The van der Waals surface area contributed by atoms with Gasteiger partial charge in [-0.25, -0.2) is 9.59 Å². The second-order valence-electron chi connectivity index (χ2n) is 13.7. The van der Waals surface area contributed by atoms with Gasteiger partial charge in [0.1, 0.15) is 18.0 Å². The molecule has 2 aromatic rings. The number of rotatable bonds is 5. The number of esters is 2. The van der Waals surface area contributed by atoms with Crippen molar-refractivity contribution in [2.75, 3.05) is 0 Å². The molecule has 4 aliphatic rings. The molecule has 0 aromatic heterocycles. The maximum absolute atomic E-state index is 13.4. The van der Waals surface area contributed by atoms with Gasteiger partial charge in [0.25, 0.3) is 0 Å². The predicted octanol–water partition coefficient (Wildman–Crippen LogP) is 6.27. The molecule has 6 nitrogen and oxygen atoms in total. The Morgan fingerprint density at radius 3 is 2.02 bits per heavy atom. The minimum absolute atomic E-state index is 0.0229. The number of hydrogen-bond acceptors (Lipinski definition) is 6. The van der Waals surface area contributed by atoms with Crippen LogP contribution in [0.1, 0.15) is 86.4 Å². The maximum atomic E-state index is 13.4. The van der Waals surface area contributed by atoms with Crippen molar-refractivity contribution in [2.24, 2.45) is 40.4 Å². The number of carbonyl (C=O) groups is 3. The molecule has 4 fully saturated rings. The Balaban J connectivity index is 1.29. The number of ether oxygens (including phenoxy) is 2. The van der Waals surface area contributed by atoms with E-state index in [2.05, 4.69) is 13.8 Å². The molecule has 0 amide bonds. The first-order valence-electron chi connectivity index (χ1n) is 15.3. The van der Waals surface area contributed by atoms with Crippen LogP contribution in [0.5, 0.6) is 0 Å². The normalized spacial score (nSPS) is 39.5. The van der Waals surface area contributed by atoms with Gasteiger partial charge in [0.2, 0.25) is 0 Å². The Bertz CT molecular complexity index is 1290. The van der Waals surface area contributed by atoms with Crippen LogP contribution in [-0.4, -0.2) is 41.1 Å². The second-order valence-corrected chi connectivity index (χ2v) is 13.7. The molecule has 6 heteroatoms. The van der Waals surface area contributed by atoms with Crippen molar-refractivity contribution in [1.82, 2.24) is 0 Å². The molecular formula is C35H42O6. The number of carbonyl (C=O) groups excluding carboxylic acids is 3. The van der Waals surface area contributed by atoms with Gasteiger partial charge in [-0.15, -0.1) is 0 Å². The average Bonchev–Trinajstić information content (AvgIpc) is 3.23. The monoisotopic (exact) mass is 558 g/mol. The standard InChI is InChI=1S/C35H42O6/c1-21(36)30-28(37)19-27-26-15-14-24-18-25(40-32(38)22-10-6-4-7-11-22)16-17-34(24,2)31(26)29(20-35(27,30)3)41-33(39)23-12-8-5-9-13-23/h4-13,24-31,37H,14-20H2,1-3H3/t24-,25+,26-,27-,28-,29-,30-,31+,34-,35-/m0/s1. The molecule has 10 atom stereocenters. The summed E-state index contributed by atoms with van der Waals surface area (Å²) in [6.07, 6.45) is 4.48. The topological polar surface area (TPSA) is 89.9 Å². The van der Waals surface area contributed by atoms with Crippen LogP contribution in [-0.2, 0) is 14.3 Å². The summed E-state index contributed by atoms with van der Waals surface area (Å²) in [4.78, 5) is 39.1. The van der Waals surface area contributed by atoms with Crippen molar-refractivity contribution < 1.29 is 29.0 Å². The highest BCUT2D eigenvalue weighted by Crippen LogP contribution is 2.68. The largest absolute Gasteiger partial charge is 0.459 e. The van der Waals surface area contributed by atoms with E-state index < -0.39 is 17.4 Å². The van der Waals surface area contributed by atoms with Gasteiger partial charge in [-0.05, 0) is 105 Å². The fraction of sp³-hybridized carbons (Fsp3) is 0.571. The minimum Gasteiger partial charge on any atom is -0.459 e. The van der Waals surface area contributed by atoms with E-state index in [1.807, 2.05) is 36.4 Å². The van der Waals surface area contributed by atoms with Gasteiger partial charge in [-0.3, -0.25) is 4.79 Å². The van der Waals surface area contributed by atoms with Gasteiger partial charge in [-0.2, -0.15) is 0 Å². The number of ketones is 1. The van der Waals surface area contributed by atoms with Crippen molar-refractivity contribution >= 4 is 17.7 Å². The van der Waals surface area contributed by atoms with Crippen LogP contribution in [0, 0.1) is 40.4 Å². The third-order valence-corrected chi connectivity index (χ3v) is 11.5. The van der Waals surface area contributed by atoms with Crippen LogP contribution in [0.4, 0.5) is 0 Å². The Labute approximate surface area is 242 Å². The van der Waals surface area contributed by atoms with Gasteiger partial charge in [0.05, 0.1) is 17.2 Å². The molecule has 0 aliphatic heterocycles. The Kier molecular flexibility index (Phi) is 7.34. The van der Waals surface area contributed by atoms with Crippen LogP contribution >= 0.6 is 0 Å². The molecular weight excluding hydrogens is 516 g/mol. The lowest BCUT2D eigenvalue weighted by molar-refractivity contribution is -0.180. The molecule has 0 unspecified atom stereocenters. The number of aliphatic hydroxyl groups excluding tert-OH is 1. The fourth-order valence-electron chi connectivity index (χ4n) is 9.85. The summed E-state index contributed by atoms with van der Waals surface area (Å²) < 4.78 is 12.4. The Morgan fingerprint density at radius 1 is 0.805 bits per heavy atom. The predicted molar refractivity (Wildman–Crippen MR) is 154 cm³/mol. The zero-order valence-electron chi connectivity index (χ0n) is 24.3. The fourth-order valence-corrected chi connectivity index (χ4v) is 9.85. The Morgan fingerprint density at radius 2 is 1.41 bits per heavy atom. The summed E-state index contributed by atoms with van der Waals surface area (Å²) in [7, 11) is 0. The first kappa shape index (κ1) is 28.1. The molecule has 2 aromatic carbocycles. The molecule has 0 spiro atoms. The molecule has 0 bridgehead atoms. The van der Waals surface area contributed by atoms with E-state index in [1.54, 1.807) is 31.2 Å². The Hall–Kier alpha value is -2.99. The number of aliphatic hydroxyl groups is 1. The highest BCUT2D eigenvalue weighted by atomic mass is 16.5.